The van der Waals surface area contributed by atoms with E-state index in [4.69, 9.17) is 23.5 Å². The van der Waals surface area contributed by atoms with Crippen LogP contribution in [0.15, 0.2) is 0 Å². The predicted molar refractivity (Wildman–Crippen MR) is 47.7 cm³/mol. The molecule has 0 rings (SSSR count). The van der Waals surface area contributed by atoms with Gasteiger partial charge in [0.05, 0.1) is 23.5 Å². The third kappa shape index (κ3) is 8.54. The Kier molecular flexibility index (Phi) is 4.64. The molecule has 0 fully saturated rings. The molecule has 0 aromatic carbocycles. The van der Waals surface area contributed by atoms with Crippen LogP contribution in [0.3, 0.4) is 0 Å². The van der Waals surface area contributed by atoms with Crippen LogP contribution in [0.1, 0.15) is 19.3 Å². The van der Waals surface area contributed by atoms with E-state index < -0.39 is 5.11 Å². The monoisotopic (exact) mass is 134 g/mol. The average Bonchev–Trinajstić information content (AvgIpc) is 1.63. The van der Waals surface area contributed by atoms with Crippen molar-refractivity contribution in [2.24, 2.45) is 0 Å². The third-order valence-corrected chi connectivity index (χ3v) is 1.33. The lowest BCUT2D eigenvalue weighted by molar-refractivity contribution is 0.733. The van der Waals surface area contributed by atoms with Crippen molar-refractivity contribution in [3.8, 4) is 0 Å². The average molecular weight is 134 g/mol. The van der Waals surface area contributed by atoms with E-state index >= 15 is 0 Å². The maximum absolute atomic E-state index is 5.31. The van der Waals surface area contributed by atoms with Crippen molar-refractivity contribution < 1.29 is 0 Å². The summed E-state index contributed by atoms with van der Waals surface area (Å²) in [5.41, 5.74) is 0. The molecule has 0 saturated heterocycles. The SMILES string of the molecule is [B]C([B])([B])CCCCS. The van der Waals surface area contributed by atoms with Crippen LogP contribution < -0.4 is 0 Å². The Morgan fingerprint density at radius 2 is 1.67 bits per heavy atom. The Hall–Kier alpha value is 0.545. The van der Waals surface area contributed by atoms with Gasteiger partial charge in [-0.25, -0.2) is 0 Å². The fourth-order valence-corrected chi connectivity index (χ4v) is 0.767. The van der Waals surface area contributed by atoms with Gasteiger partial charge in [-0.3, -0.25) is 0 Å². The second kappa shape index (κ2) is 4.37. The van der Waals surface area contributed by atoms with Gasteiger partial charge in [-0.2, -0.15) is 12.6 Å². The first-order valence-electron chi connectivity index (χ1n) is 3.04. The Labute approximate surface area is 66.8 Å². The fourth-order valence-electron chi connectivity index (χ4n) is 0.543. The summed E-state index contributed by atoms with van der Waals surface area (Å²) in [6.45, 7) is 0. The standard InChI is InChI=1S/C5H9B3S/c6-5(7,8)3-1-2-4-9/h9H,1-4H2. The summed E-state index contributed by atoms with van der Waals surface area (Å²) in [5, 5.41) is -0.983. The van der Waals surface area contributed by atoms with Gasteiger partial charge < -0.3 is 0 Å². The molecule has 0 heterocycles. The van der Waals surface area contributed by atoms with E-state index in [9.17, 15) is 0 Å². The molecule has 0 aliphatic carbocycles. The van der Waals surface area contributed by atoms with E-state index in [1.807, 2.05) is 0 Å². The molecule has 0 aliphatic heterocycles. The summed E-state index contributed by atoms with van der Waals surface area (Å²) in [5.74, 6) is 0.871. The Bertz CT molecular complexity index is 69.1. The molecule has 0 aliphatic rings. The molecule has 9 heavy (non-hydrogen) atoms. The molecule has 0 unspecified atom stereocenters. The Balaban J connectivity index is 3.07. The zero-order valence-electron chi connectivity index (χ0n) is 5.51. The summed E-state index contributed by atoms with van der Waals surface area (Å²) >= 11 is 4.03. The molecule has 0 aromatic heterocycles. The minimum Gasteiger partial charge on any atom is -0.179 e. The van der Waals surface area contributed by atoms with E-state index in [2.05, 4.69) is 12.6 Å². The van der Waals surface area contributed by atoms with Crippen LogP contribution in [-0.4, -0.2) is 29.3 Å². The molecule has 44 valence electrons. The van der Waals surface area contributed by atoms with E-state index in [1.54, 1.807) is 0 Å². The Morgan fingerprint density at radius 3 is 2.00 bits per heavy atom. The van der Waals surface area contributed by atoms with Gasteiger partial charge in [0.1, 0.15) is 0 Å². The number of thiol groups is 1. The van der Waals surface area contributed by atoms with Crippen molar-refractivity contribution in [3.05, 3.63) is 0 Å². The maximum Gasteiger partial charge on any atom is 0.0507 e. The number of hydrogen-bond acceptors (Lipinski definition) is 1. The number of unbranched alkanes of at least 4 members (excludes halogenated alkanes) is 1. The summed E-state index contributed by atoms with van der Waals surface area (Å²) < 4.78 is 0. The van der Waals surface area contributed by atoms with Crippen LogP contribution in [0.5, 0.6) is 0 Å². The molecule has 0 saturated carbocycles. The van der Waals surface area contributed by atoms with Gasteiger partial charge in [0.15, 0.2) is 0 Å². The first-order chi connectivity index (χ1) is 4.06. The van der Waals surface area contributed by atoms with Crippen molar-refractivity contribution in [1.82, 2.24) is 0 Å². The molecule has 0 bridgehead atoms. The van der Waals surface area contributed by atoms with Crippen LogP contribution in [0, 0.1) is 0 Å². The van der Waals surface area contributed by atoms with Gasteiger partial charge in [-0.05, 0) is 12.2 Å². The smallest absolute Gasteiger partial charge is 0.0507 e. The first kappa shape index (κ1) is 9.54. The molecular weight excluding hydrogens is 125 g/mol. The van der Waals surface area contributed by atoms with Crippen molar-refractivity contribution >= 4 is 36.2 Å². The maximum atomic E-state index is 5.31. The highest BCUT2D eigenvalue weighted by Gasteiger charge is 2.06. The normalized spacial score (nSPS) is 11.7. The van der Waals surface area contributed by atoms with Crippen LogP contribution in [0.2, 0.25) is 5.11 Å². The van der Waals surface area contributed by atoms with Crippen molar-refractivity contribution in [2.75, 3.05) is 5.75 Å². The third-order valence-electron chi connectivity index (χ3n) is 1.02. The highest BCUT2D eigenvalue weighted by Crippen LogP contribution is 2.18. The summed E-state index contributed by atoms with van der Waals surface area (Å²) in [6, 6.07) is 0. The van der Waals surface area contributed by atoms with Gasteiger partial charge in [0.2, 0.25) is 0 Å². The van der Waals surface area contributed by atoms with Crippen molar-refractivity contribution in [3.63, 3.8) is 0 Å². The molecule has 0 amide bonds. The quantitative estimate of drug-likeness (QED) is 0.325. The molecule has 4 heteroatoms. The lowest BCUT2D eigenvalue weighted by Gasteiger charge is -2.18. The van der Waals surface area contributed by atoms with Gasteiger partial charge in [-0.1, -0.05) is 12.8 Å². The minimum atomic E-state index is -0.983. The van der Waals surface area contributed by atoms with Crippen LogP contribution in [-0.2, 0) is 0 Å². The minimum absolute atomic E-state index is 0.660. The highest BCUT2D eigenvalue weighted by atomic mass is 32.1. The van der Waals surface area contributed by atoms with Crippen LogP contribution in [0.4, 0.5) is 0 Å². The fraction of sp³-hybridized carbons (Fsp3) is 1.00. The lowest BCUT2D eigenvalue weighted by Crippen LogP contribution is -2.12. The predicted octanol–water partition coefficient (Wildman–Crippen LogP) is 0.666. The van der Waals surface area contributed by atoms with Crippen LogP contribution in [0.25, 0.3) is 0 Å². The second-order valence-corrected chi connectivity index (χ2v) is 2.74. The van der Waals surface area contributed by atoms with Gasteiger partial charge >= 0.3 is 0 Å². The molecule has 0 N–H and O–H groups in total. The molecule has 0 spiro atoms. The van der Waals surface area contributed by atoms with E-state index in [0.717, 1.165) is 18.6 Å². The molecule has 0 nitrogen and oxygen atoms in total. The molecule has 0 atom stereocenters. The summed E-state index contributed by atoms with van der Waals surface area (Å²) in [6.07, 6.45) is 2.64. The number of rotatable bonds is 4. The topological polar surface area (TPSA) is 0 Å². The summed E-state index contributed by atoms with van der Waals surface area (Å²) in [7, 11) is 15.9. The number of hydrogen-bond donors (Lipinski definition) is 1. The van der Waals surface area contributed by atoms with Crippen LogP contribution >= 0.6 is 12.6 Å². The van der Waals surface area contributed by atoms with Gasteiger partial charge in [-0.15, -0.1) is 5.11 Å². The highest BCUT2D eigenvalue weighted by molar-refractivity contribution is 7.80. The zero-order chi connectivity index (χ0) is 7.33. The molecule has 6 radical (unpaired) electrons. The second-order valence-electron chi connectivity index (χ2n) is 2.29. The van der Waals surface area contributed by atoms with Crippen molar-refractivity contribution in [1.29, 1.82) is 0 Å². The first-order valence-corrected chi connectivity index (χ1v) is 3.67. The van der Waals surface area contributed by atoms with E-state index in [0.29, 0.717) is 6.42 Å². The van der Waals surface area contributed by atoms with Gasteiger partial charge in [0.25, 0.3) is 0 Å². The molecule has 0 aromatic rings. The lowest BCUT2D eigenvalue weighted by atomic mass is 9.41. The largest absolute Gasteiger partial charge is 0.179 e. The van der Waals surface area contributed by atoms with E-state index in [1.165, 1.54) is 0 Å². The van der Waals surface area contributed by atoms with Gasteiger partial charge in [0, 0.05) is 0 Å². The molecular formula is C5H9B3S. The Morgan fingerprint density at radius 1 is 1.11 bits per heavy atom. The van der Waals surface area contributed by atoms with E-state index in [-0.39, 0.29) is 0 Å². The zero-order valence-corrected chi connectivity index (χ0v) is 6.40. The van der Waals surface area contributed by atoms with Crippen molar-refractivity contribution in [2.45, 2.75) is 24.4 Å². The summed E-state index contributed by atoms with van der Waals surface area (Å²) in [4.78, 5) is 0.